The zero-order valence-electron chi connectivity index (χ0n) is 21.0. The number of aryl methyl sites for hydroxylation is 1. The fourth-order valence-electron chi connectivity index (χ4n) is 4.50. The highest BCUT2D eigenvalue weighted by atomic mass is 35.5. The van der Waals surface area contributed by atoms with Crippen LogP contribution in [0.5, 0.6) is 0 Å². The minimum absolute atomic E-state index is 0.546. The lowest BCUT2D eigenvalue weighted by molar-refractivity contribution is 0.176. The molecule has 0 amide bonds. The smallest absolute Gasteiger partial charge is 0.0921 e. The molecule has 1 aromatic heterocycles. The number of pyridine rings is 1. The average molecular weight is 481 g/mol. The van der Waals surface area contributed by atoms with Crippen molar-refractivity contribution in [1.29, 1.82) is 0 Å². The molecule has 34 heavy (non-hydrogen) atoms. The van der Waals surface area contributed by atoms with Crippen molar-refractivity contribution in [2.75, 3.05) is 13.1 Å². The van der Waals surface area contributed by atoms with Gasteiger partial charge in [-0.1, -0.05) is 101 Å². The van der Waals surface area contributed by atoms with Crippen LogP contribution in [0.4, 0.5) is 0 Å². The highest BCUT2D eigenvalue weighted by Gasteiger charge is 2.15. The number of hydrogen-bond donors (Lipinski definition) is 2. The molecule has 1 atom stereocenters. The number of aliphatic hydroxyl groups is 1. The summed E-state index contributed by atoms with van der Waals surface area (Å²) in [6.45, 7) is 5.83. The highest BCUT2D eigenvalue weighted by molar-refractivity contribution is 6.30. The summed E-state index contributed by atoms with van der Waals surface area (Å²) in [5.74, 6) is 0. The Bertz CT molecular complexity index is 1000. The van der Waals surface area contributed by atoms with E-state index in [0.717, 1.165) is 46.3 Å². The van der Waals surface area contributed by atoms with Gasteiger partial charge in [0.15, 0.2) is 0 Å². The van der Waals surface area contributed by atoms with Crippen LogP contribution in [0.2, 0.25) is 5.02 Å². The predicted molar refractivity (Wildman–Crippen MR) is 147 cm³/mol. The molecule has 3 aromatic rings. The summed E-state index contributed by atoms with van der Waals surface area (Å²) in [4.78, 5) is 4.87. The third-order valence-electron chi connectivity index (χ3n) is 6.54. The van der Waals surface area contributed by atoms with E-state index in [2.05, 4.69) is 37.4 Å². The van der Waals surface area contributed by atoms with Crippen LogP contribution < -0.4 is 5.32 Å². The SMILES string of the molecule is CCCCCCCCCCCCNC[C@@H](O)c1cc(-c2ccc(Cl)cc2)nc2cc(C)ccc12. The van der Waals surface area contributed by atoms with Crippen LogP contribution >= 0.6 is 11.6 Å². The Morgan fingerprint density at radius 2 is 1.50 bits per heavy atom. The molecule has 3 nitrogen and oxygen atoms in total. The van der Waals surface area contributed by atoms with Crippen molar-refractivity contribution in [2.24, 2.45) is 0 Å². The zero-order chi connectivity index (χ0) is 24.2. The second-order valence-corrected chi connectivity index (χ2v) is 9.96. The molecule has 0 unspecified atom stereocenters. The lowest BCUT2D eigenvalue weighted by atomic mass is 9.99. The molecular weight excluding hydrogens is 440 g/mol. The second-order valence-electron chi connectivity index (χ2n) is 9.53. The Hall–Kier alpha value is -1.94. The third-order valence-corrected chi connectivity index (χ3v) is 6.79. The molecule has 0 aliphatic carbocycles. The molecule has 4 heteroatoms. The van der Waals surface area contributed by atoms with E-state index < -0.39 is 6.10 Å². The van der Waals surface area contributed by atoms with Gasteiger partial charge in [0, 0.05) is 22.5 Å². The molecule has 0 bridgehead atoms. The van der Waals surface area contributed by atoms with Gasteiger partial charge in [-0.3, -0.25) is 0 Å². The van der Waals surface area contributed by atoms with Crippen LogP contribution in [0.1, 0.15) is 88.4 Å². The summed E-state index contributed by atoms with van der Waals surface area (Å²) in [7, 11) is 0. The summed E-state index contributed by atoms with van der Waals surface area (Å²) in [5.41, 5.74) is 4.85. The predicted octanol–water partition coefficient (Wildman–Crippen LogP) is 8.41. The summed E-state index contributed by atoms with van der Waals surface area (Å²) in [6.07, 6.45) is 12.8. The van der Waals surface area contributed by atoms with Crippen molar-refractivity contribution in [3.05, 3.63) is 64.7 Å². The van der Waals surface area contributed by atoms with Crippen LogP contribution in [0.3, 0.4) is 0 Å². The van der Waals surface area contributed by atoms with Gasteiger partial charge in [-0.05, 0) is 55.3 Å². The van der Waals surface area contributed by atoms with Crippen LogP contribution in [0.15, 0.2) is 48.5 Å². The van der Waals surface area contributed by atoms with Gasteiger partial charge in [-0.15, -0.1) is 0 Å². The number of unbranched alkanes of at least 4 members (excludes halogenated alkanes) is 9. The minimum Gasteiger partial charge on any atom is -0.387 e. The molecule has 0 aliphatic heterocycles. The number of hydrogen-bond acceptors (Lipinski definition) is 3. The molecule has 0 aliphatic rings. The second kappa shape index (κ2) is 14.5. The summed E-state index contributed by atoms with van der Waals surface area (Å²) >= 11 is 6.07. The normalized spacial score (nSPS) is 12.4. The van der Waals surface area contributed by atoms with Crippen molar-refractivity contribution in [1.82, 2.24) is 10.3 Å². The quantitative estimate of drug-likeness (QED) is 0.214. The van der Waals surface area contributed by atoms with Crippen LogP contribution in [-0.2, 0) is 0 Å². The maximum Gasteiger partial charge on any atom is 0.0921 e. The van der Waals surface area contributed by atoms with E-state index in [1.165, 1.54) is 57.8 Å². The van der Waals surface area contributed by atoms with Crippen molar-refractivity contribution >= 4 is 22.5 Å². The number of rotatable bonds is 15. The van der Waals surface area contributed by atoms with Gasteiger partial charge in [0.05, 0.1) is 17.3 Å². The number of benzene rings is 2. The molecular formula is C30H41ClN2O. The monoisotopic (exact) mass is 480 g/mol. The van der Waals surface area contributed by atoms with E-state index in [1.54, 1.807) is 0 Å². The van der Waals surface area contributed by atoms with E-state index in [4.69, 9.17) is 16.6 Å². The number of fused-ring (bicyclic) bond motifs is 1. The first-order valence-corrected chi connectivity index (χ1v) is 13.5. The Labute approximate surface area is 211 Å². The fraction of sp³-hybridized carbons (Fsp3) is 0.500. The van der Waals surface area contributed by atoms with Gasteiger partial charge in [0.2, 0.25) is 0 Å². The van der Waals surface area contributed by atoms with Gasteiger partial charge >= 0.3 is 0 Å². The molecule has 3 rings (SSSR count). The van der Waals surface area contributed by atoms with Crippen LogP contribution in [0.25, 0.3) is 22.2 Å². The van der Waals surface area contributed by atoms with Gasteiger partial charge < -0.3 is 10.4 Å². The van der Waals surface area contributed by atoms with Gasteiger partial charge in [-0.2, -0.15) is 0 Å². The van der Waals surface area contributed by atoms with Gasteiger partial charge in [0.1, 0.15) is 0 Å². The van der Waals surface area contributed by atoms with E-state index in [9.17, 15) is 5.11 Å². The molecule has 184 valence electrons. The Balaban J connectivity index is 1.50. The standard InChI is InChI=1S/C30H41ClN2O/c1-3-4-5-6-7-8-9-10-11-12-19-32-22-30(34)27-21-28(24-14-16-25(31)17-15-24)33-29-20-23(2)13-18-26(27)29/h13-18,20-21,30,32,34H,3-12,19,22H2,1-2H3/t30-/m1/s1. The molecule has 2 aromatic carbocycles. The van der Waals surface area contributed by atoms with Crippen molar-refractivity contribution in [3.63, 3.8) is 0 Å². The van der Waals surface area contributed by atoms with Crippen LogP contribution in [-0.4, -0.2) is 23.2 Å². The van der Waals surface area contributed by atoms with Crippen LogP contribution in [0, 0.1) is 6.92 Å². The first kappa shape index (κ1) is 26.7. The number of halogens is 1. The molecule has 1 heterocycles. The Morgan fingerprint density at radius 3 is 2.18 bits per heavy atom. The summed E-state index contributed by atoms with van der Waals surface area (Å²) in [5, 5.41) is 16.2. The first-order chi connectivity index (χ1) is 16.6. The van der Waals surface area contributed by atoms with Crippen molar-refractivity contribution in [3.8, 4) is 11.3 Å². The number of aromatic nitrogens is 1. The zero-order valence-corrected chi connectivity index (χ0v) is 21.7. The fourth-order valence-corrected chi connectivity index (χ4v) is 4.62. The molecule has 0 saturated carbocycles. The van der Waals surface area contributed by atoms with E-state index in [0.29, 0.717) is 11.6 Å². The first-order valence-electron chi connectivity index (χ1n) is 13.1. The Morgan fingerprint density at radius 1 is 0.853 bits per heavy atom. The number of nitrogens with zero attached hydrogens (tertiary/aromatic N) is 1. The Kier molecular flexibility index (Phi) is 11.3. The maximum atomic E-state index is 11.1. The summed E-state index contributed by atoms with van der Waals surface area (Å²) in [6, 6.07) is 16.0. The maximum absolute atomic E-state index is 11.1. The van der Waals surface area contributed by atoms with E-state index >= 15 is 0 Å². The largest absolute Gasteiger partial charge is 0.387 e. The number of nitrogens with one attached hydrogen (secondary N) is 1. The highest BCUT2D eigenvalue weighted by Crippen LogP contribution is 2.30. The topological polar surface area (TPSA) is 45.1 Å². The molecule has 0 radical (unpaired) electrons. The van der Waals surface area contributed by atoms with Crippen molar-refractivity contribution < 1.29 is 5.11 Å². The lowest BCUT2D eigenvalue weighted by Gasteiger charge is -2.17. The molecule has 0 spiro atoms. The molecule has 2 N–H and O–H groups in total. The van der Waals surface area contributed by atoms with Crippen molar-refractivity contribution in [2.45, 2.75) is 84.2 Å². The van der Waals surface area contributed by atoms with Gasteiger partial charge in [-0.25, -0.2) is 4.98 Å². The van der Waals surface area contributed by atoms with E-state index in [1.807, 2.05) is 30.3 Å². The number of aliphatic hydroxyl groups excluding tert-OH is 1. The minimum atomic E-state index is -0.581. The van der Waals surface area contributed by atoms with Gasteiger partial charge in [0.25, 0.3) is 0 Å². The summed E-state index contributed by atoms with van der Waals surface area (Å²) < 4.78 is 0. The third kappa shape index (κ3) is 8.37. The average Bonchev–Trinajstić information content (AvgIpc) is 2.84. The molecule has 0 saturated heterocycles. The molecule has 0 fully saturated rings. The lowest BCUT2D eigenvalue weighted by Crippen LogP contribution is -2.22. The van der Waals surface area contributed by atoms with E-state index in [-0.39, 0.29) is 0 Å².